The van der Waals surface area contributed by atoms with Crippen LogP contribution in [0.2, 0.25) is 0 Å². The number of aromatic nitrogens is 3. The number of ether oxygens (including phenoxy) is 2. The summed E-state index contributed by atoms with van der Waals surface area (Å²) in [5.41, 5.74) is 7.76. The van der Waals surface area contributed by atoms with E-state index in [0.717, 1.165) is 18.4 Å². The van der Waals surface area contributed by atoms with Crippen molar-refractivity contribution in [2.75, 3.05) is 25.4 Å². The lowest BCUT2D eigenvalue weighted by Crippen LogP contribution is -2.40. The van der Waals surface area contributed by atoms with Crippen LogP contribution in [0.5, 0.6) is 0 Å². The molecular weight excluding hydrogens is 478 g/mol. The number of nitrogens with two attached hydrogens (primary N) is 1. The molecule has 0 spiro atoms. The van der Waals surface area contributed by atoms with E-state index in [-0.39, 0.29) is 36.7 Å². The summed E-state index contributed by atoms with van der Waals surface area (Å²) < 4.78 is 12.9. The van der Waals surface area contributed by atoms with E-state index in [1.807, 2.05) is 30.3 Å². The van der Waals surface area contributed by atoms with Gasteiger partial charge in [-0.1, -0.05) is 30.3 Å². The second kappa shape index (κ2) is 9.56. The zero-order valence-electron chi connectivity index (χ0n) is 17.7. The van der Waals surface area contributed by atoms with Crippen molar-refractivity contribution < 1.29 is 19.1 Å². The number of carbonyl (C=O) groups excluding carboxylic acids is 2. The summed E-state index contributed by atoms with van der Waals surface area (Å²) in [4.78, 5) is 35.7. The smallest absolute Gasteiger partial charge is 0.410 e. The normalized spacial score (nSPS) is 16.2. The molecule has 1 aromatic carbocycles. The second-order valence-electron chi connectivity index (χ2n) is 7.52. The van der Waals surface area contributed by atoms with Gasteiger partial charge in [0.25, 0.3) is 0 Å². The number of piperidine rings is 1. The number of benzene rings is 1. The minimum atomic E-state index is -0.508. The highest BCUT2D eigenvalue weighted by atomic mass is 79.9. The predicted molar refractivity (Wildman–Crippen MR) is 121 cm³/mol. The lowest BCUT2D eigenvalue weighted by atomic mass is 9.97. The van der Waals surface area contributed by atoms with Crippen molar-refractivity contribution in [1.82, 2.24) is 19.3 Å². The highest BCUT2D eigenvalue weighted by Crippen LogP contribution is 2.33. The zero-order valence-corrected chi connectivity index (χ0v) is 19.2. The van der Waals surface area contributed by atoms with Gasteiger partial charge < -0.3 is 20.1 Å². The van der Waals surface area contributed by atoms with Crippen molar-refractivity contribution in [2.45, 2.75) is 32.3 Å². The van der Waals surface area contributed by atoms with Gasteiger partial charge in [-0.3, -0.25) is 4.40 Å². The van der Waals surface area contributed by atoms with Crippen molar-refractivity contribution in [3.63, 3.8) is 0 Å². The third kappa shape index (κ3) is 4.40. The number of esters is 1. The topological polar surface area (TPSA) is 112 Å². The summed E-state index contributed by atoms with van der Waals surface area (Å²) in [6, 6.07) is 9.55. The Labute approximate surface area is 193 Å². The van der Waals surface area contributed by atoms with Gasteiger partial charge in [-0.2, -0.15) is 0 Å². The molecule has 1 atom stereocenters. The van der Waals surface area contributed by atoms with E-state index in [2.05, 4.69) is 25.9 Å². The number of likely N-dealkylation sites (tertiary alicyclic amines) is 1. The van der Waals surface area contributed by atoms with Crippen LogP contribution >= 0.6 is 15.9 Å². The number of nitrogen functional groups attached to an aromatic ring is 1. The molecule has 4 rings (SSSR count). The van der Waals surface area contributed by atoms with Gasteiger partial charge in [0.2, 0.25) is 0 Å². The van der Waals surface area contributed by atoms with Gasteiger partial charge in [0.1, 0.15) is 22.6 Å². The number of imidazole rings is 1. The summed E-state index contributed by atoms with van der Waals surface area (Å²) in [7, 11) is 0. The van der Waals surface area contributed by atoms with Gasteiger partial charge in [-0.05, 0) is 41.3 Å². The highest BCUT2D eigenvalue weighted by molar-refractivity contribution is 9.10. The molecule has 2 N–H and O–H groups in total. The van der Waals surface area contributed by atoms with Crippen molar-refractivity contribution in [1.29, 1.82) is 0 Å². The molecule has 32 heavy (non-hydrogen) atoms. The van der Waals surface area contributed by atoms with Crippen LogP contribution in [0, 0.1) is 0 Å². The number of carbonyl (C=O) groups is 2. The summed E-state index contributed by atoms with van der Waals surface area (Å²) in [5, 5.41) is 0. The van der Waals surface area contributed by atoms with Gasteiger partial charge in [0.05, 0.1) is 12.8 Å². The number of nitrogens with zero attached hydrogens (tertiary/aromatic N) is 4. The molecule has 1 amide bonds. The fourth-order valence-electron chi connectivity index (χ4n) is 3.91. The molecule has 10 heteroatoms. The first-order valence-electron chi connectivity index (χ1n) is 10.4. The molecule has 0 unspecified atom stereocenters. The van der Waals surface area contributed by atoms with E-state index < -0.39 is 5.97 Å². The first-order chi connectivity index (χ1) is 15.5. The average molecular weight is 502 g/mol. The molecular formula is C22H24BrN5O4. The standard InChI is InChI=1S/C22H24BrN5O4/c1-2-31-21(29)16-11-25-19(24)17-18(23)26-20(28(16)17)15-9-6-10-27(12-15)22(30)32-13-14-7-4-3-5-8-14/h3-5,7-8,11,15H,2,6,9-10,12-13H2,1H3,(H2,24,25)/t15-/m1/s1. The third-order valence-corrected chi connectivity index (χ3v) is 5.96. The first kappa shape index (κ1) is 22.1. The number of halogens is 1. The van der Waals surface area contributed by atoms with E-state index in [4.69, 9.17) is 15.2 Å². The van der Waals surface area contributed by atoms with Crippen LogP contribution in [0.4, 0.5) is 10.6 Å². The Morgan fingerprint density at radius 2 is 2.03 bits per heavy atom. The Morgan fingerprint density at radius 1 is 1.25 bits per heavy atom. The van der Waals surface area contributed by atoms with Gasteiger partial charge >= 0.3 is 12.1 Å². The molecule has 1 aliphatic rings. The summed E-state index contributed by atoms with van der Waals surface area (Å²) in [6.45, 7) is 3.21. The quantitative estimate of drug-likeness (QED) is 0.529. The maximum Gasteiger partial charge on any atom is 0.410 e. The molecule has 9 nitrogen and oxygen atoms in total. The Morgan fingerprint density at radius 3 is 2.78 bits per heavy atom. The Hall–Kier alpha value is -3.14. The third-order valence-electron chi connectivity index (χ3n) is 5.40. The Bertz CT molecular complexity index is 1130. The van der Waals surface area contributed by atoms with Crippen LogP contribution in [-0.4, -0.2) is 51.0 Å². The monoisotopic (exact) mass is 501 g/mol. The molecule has 0 aliphatic carbocycles. The number of hydrogen-bond donors (Lipinski definition) is 1. The van der Waals surface area contributed by atoms with Crippen LogP contribution in [0.3, 0.4) is 0 Å². The molecule has 2 aromatic heterocycles. The number of rotatable bonds is 5. The second-order valence-corrected chi connectivity index (χ2v) is 8.27. The lowest BCUT2D eigenvalue weighted by molar-refractivity contribution is 0.0515. The Balaban J connectivity index is 1.59. The maximum atomic E-state index is 12.7. The van der Waals surface area contributed by atoms with Crippen molar-refractivity contribution in [3.8, 4) is 0 Å². The Kier molecular flexibility index (Phi) is 6.59. The average Bonchev–Trinajstić information content (AvgIpc) is 3.16. The van der Waals surface area contributed by atoms with Crippen LogP contribution < -0.4 is 5.73 Å². The first-order valence-corrected chi connectivity index (χ1v) is 11.2. The molecule has 0 saturated carbocycles. The maximum absolute atomic E-state index is 12.7. The molecule has 0 bridgehead atoms. The van der Waals surface area contributed by atoms with Crippen LogP contribution in [-0.2, 0) is 16.1 Å². The SMILES string of the molecule is CCOC(=O)c1cnc(N)c2c(Br)nc([C@@H]3CCCN(C(=O)OCc4ccccc4)C3)n12. The highest BCUT2D eigenvalue weighted by Gasteiger charge is 2.31. The van der Waals surface area contributed by atoms with E-state index in [9.17, 15) is 9.59 Å². The predicted octanol–water partition coefficient (Wildman–Crippen LogP) is 3.77. The van der Waals surface area contributed by atoms with Gasteiger partial charge in [-0.25, -0.2) is 19.6 Å². The van der Waals surface area contributed by atoms with Gasteiger partial charge in [-0.15, -0.1) is 0 Å². The van der Waals surface area contributed by atoms with E-state index in [1.165, 1.54) is 6.20 Å². The van der Waals surface area contributed by atoms with E-state index >= 15 is 0 Å². The minimum Gasteiger partial charge on any atom is -0.461 e. The number of hydrogen-bond acceptors (Lipinski definition) is 7. The number of fused-ring (bicyclic) bond motifs is 1. The molecule has 0 radical (unpaired) electrons. The summed E-state index contributed by atoms with van der Waals surface area (Å²) in [5.74, 6) is 0.260. The fourth-order valence-corrected chi connectivity index (χ4v) is 4.47. The molecule has 168 valence electrons. The summed E-state index contributed by atoms with van der Waals surface area (Å²) >= 11 is 3.44. The molecule has 1 fully saturated rings. The van der Waals surface area contributed by atoms with Crippen LogP contribution in [0.15, 0.2) is 41.1 Å². The van der Waals surface area contributed by atoms with E-state index in [1.54, 1.807) is 16.2 Å². The van der Waals surface area contributed by atoms with Gasteiger partial charge in [0, 0.05) is 19.0 Å². The number of amides is 1. The van der Waals surface area contributed by atoms with Crippen LogP contribution in [0.25, 0.3) is 5.52 Å². The van der Waals surface area contributed by atoms with Crippen molar-refractivity contribution in [3.05, 3.63) is 58.2 Å². The van der Waals surface area contributed by atoms with Gasteiger partial charge in [0.15, 0.2) is 11.5 Å². The van der Waals surface area contributed by atoms with E-state index in [0.29, 0.717) is 29.0 Å². The fraction of sp³-hybridized carbons (Fsp3) is 0.364. The summed E-state index contributed by atoms with van der Waals surface area (Å²) in [6.07, 6.45) is 2.61. The lowest BCUT2D eigenvalue weighted by Gasteiger charge is -2.31. The molecule has 1 aliphatic heterocycles. The van der Waals surface area contributed by atoms with Crippen molar-refractivity contribution >= 4 is 39.3 Å². The minimum absolute atomic E-state index is 0.109. The zero-order chi connectivity index (χ0) is 22.7. The molecule has 3 aromatic rings. The molecule has 1 saturated heterocycles. The largest absolute Gasteiger partial charge is 0.461 e. The van der Waals surface area contributed by atoms with Crippen LogP contribution in [0.1, 0.15) is 47.6 Å². The van der Waals surface area contributed by atoms with Crippen molar-refractivity contribution in [2.24, 2.45) is 0 Å². The number of anilines is 1. The molecule has 3 heterocycles.